The van der Waals surface area contributed by atoms with Crippen molar-refractivity contribution in [3.05, 3.63) is 46.0 Å². The normalized spacial score (nSPS) is 14.4. The van der Waals surface area contributed by atoms with Gasteiger partial charge in [0.2, 0.25) is 0 Å². The molecule has 5 heteroatoms. The van der Waals surface area contributed by atoms with E-state index >= 15 is 0 Å². The van der Waals surface area contributed by atoms with Gasteiger partial charge in [0.05, 0.1) is 5.69 Å². The highest BCUT2D eigenvalue weighted by molar-refractivity contribution is 7.05. The van der Waals surface area contributed by atoms with Gasteiger partial charge in [-0.15, -0.1) is 0 Å². The van der Waals surface area contributed by atoms with Crippen LogP contribution in [0, 0.1) is 13.8 Å². The zero-order chi connectivity index (χ0) is 15.5. The number of nitrogens with zero attached hydrogens (tertiary/aromatic N) is 2. The first-order chi connectivity index (χ1) is 10.6. The molecule has 1 saturated heterocycles. The van der Waals surface area contributed by atoms with Gasteiger partial charge < -0.3 is 9.64 Å². The minimum Gasteiger partial charge on any atom is -0.489 e. The van der Waals surface area contributed by atoms with Gasteiger partial charge in [0.25, 0.3) is 5.91 Å². The minimum absolute atomic E-state index is 0.123. The Morgan fingerprint density at radius 1 is 1.23 bits per heavy atom. The summed E-state index contributed by atoms with van der Waals surface area (Å²) in [5, 5.41) is 0. The lowest BCUT2D eigenvalue weighted by Crippen LogP contribution is -2.27. The molecule has 0 spiro atoms. The van der Waals surface area contributed by atoms with Crippen LogP contribution in [0.1, 0.15) is 39.3 Å². The van der Waals surface area contributed by atoms with Crippen molar-refractivity contribution < 1.29 is 9.53 Å². The molecule has 1 fully saturated rings. The standard InChI is InChI=1S/C17H20N2O2S/c1-12-16(13(2)22-18-12)11-21-15-7-5-14(6-8-15)17(20)19-9-3-4-10-19/h5-8H,3-4,9-11H2,1-2H3. The van der Waals surface area contributed by atoms with E-state index in [0.29, 0.717) is 6.61 Å². The van der Waals surface area contributed by atoms with Crippen LogP contribution in [0.25, 0.3) is 0 Å². The quantitative estimate of drug-likeness (QED) is 0.866. The SMILES string of the molecule is Cc1nsc(C)c1COc1ccc(C(=O)N2CCCC2)cc1. The fourth-order valence-corrected chi connectivity index (χ4v) is 3.36. The number of likely N-dealkylation sites (tertiary alicyclic amines) is 1. The molecule has 2 aromatic rings. The third-order valence-corrected chi connectivity index (χ3v) is 4.94. The van der Waals surface area contributed by atoms with Crippen molar-refractivity contribution in [2.24, 2.45) is 0 Å². The first-order valence-corrected chi connectivity index (χ1v) is 8.36. The van der Waals surface area contributed by atoms with Crippen molar-refractivity contribution in [2.75, 3.05) is 13.1 Å². The Bertz CT molecular complexity index is 638. The van der Waals surface area contributed by atoms with E-state index in [-0.39, 0.29) is 5.91 Å². The molecule has 116 valence electrons. The fraction of sp³-hybridized carbons (Fsp3) is 0.412. The lowest BCUT2D eigenvalue weighted by Gasteiger charge is -2.15. The van der Waals surface area contributed by atoms with Crippen LogP contribution in [0.3, 0.4) is 0 Å². The molecule has 0 N–H and O–H groups in total. The lowest BCUT2D eigenvalue weighted by atomic mass is 10.2. The van der Waals surface area contributed by atoms with Crippen LogP contribution in [-0.2, 0) is 6.61 Å². The Balaban J connectivity index is 1.63. The molecule has 4 nitrogen and oxygen atoms in total. The van der Waals surface area contributed by atoms with E-state index in [9.17, 15) is 4.79 Å². The Kier molecular flexibility index (Phi) is 4.43. The van der Waals surface area contributed by atoms with Gasteiger partial charge >= 0.3 is 0 Å². The number of carbonyl (C=O) groups is 1. The van der Waals surface area contributed by atoms with Gasteiger partial charge in [-0.2, -0.15) is 4.37 Å². The monoisotopic (exact) mass is 316 g/mol. The van der Waals surface area contributed by atoms with Gasteiger partial charge in [0.1, 0.15) is 12.4 Å². The summed E-state index contributed by atoms with van der Waals surface area (Å²) < 4.78 is 10.1. The number of aromatic nitrogens is 1. The zero-order valence-corrected chi connectivity index (χ0v) is 13.8. The molecule has 0 saturated carbocycles. The van der Waals surface area contributed by atoms with Crippen LogP contribution in [-0.4, -0.2) is 28.3 Å². The molecule has 1 amide bonds. The summed E-state index contributed by atoms with van der Waals surface area (Å²) in [6, 6.07) is 7.44. The van der Waals surface area contributed by atoms with Crippen molar-refractivity contribution >= 4 is 17.4 Å². The number of rotatable bonds is 4. The summed E-state index contributed by atoms with van der Waals surface area (Å²) in [5.41, 5.74) is 2.92. The Morgan fingerprint density at radius 3 is 2.50 bits per heavy atom. The first-order valence-electron chi connectivity index (χ1n) is 7.59. The number of aryl methyl sites for hydroxylation is 2. The van der Waals surface area contributed by atoms with Gasteiger partial charge in [-0.05, 0) is 62.5 Å². The second-order valence-electron chi connectivity index (χ2n) is 5.62. The number of benzene rings is 1. The van der Waals surface area contributed by atoms with Crippen LogP contribution >= 0.6 is 11.5 Å². The highest BCUT2D eigenvalue weighted by Crippen LogP contribution is 2.21. The highest BCUT2D eigenvalue weighted by Gasteiger charge is 2.19. The lowest BCUT2D eigenvalue weighted by molar-refractivity contribution is 0.0793. The number of hydrogen-bond acceptors (Lipinski definition) is 4. The Morgan fingerprint density at radius 2 is 1.91 bits per heavy atom. The van der Waals surface area contributed by atoms with E-state index < -0.39 is 0 Å². The molecule has 0 radical (unpaired) electrons. The maximum atomic E-state index is 12.3. The van der Waals surface area contributed by atoms with Crippen molar-refractivity contribution in [3.63, 3.8) is 0 Å². The van der Waals surface area contributed by atoms with Crippen LogP contribution < -0.4 is 4.74 Å². The Labute approximate surface area is 134 Å². The van der Waals surface area contributed by atoms with E-state index in [0.717, 1.165) is 48.5 Å². The van der Waals surface area contributed by atoms with E-state index in [1.165, 1.54) is 16.4 Å². The molecule has 2 heterocycles. The number of ether oxygens (including phenoxy) is 1. The number of amides is 1. The molecule has 0 bridgehead atoms. The first kappa shape index (κ1) is 15.0. The van der Waals surface area contributed by atoms with Gasteiger partial charge in [-0.1, -0.05) is 0 Å². The summed E-state index contributed by atoms with van der Waals surface area (Å²) in [4.78, 5) is 15.4. The van der Waals surface area contributed by atoms with Crippen molar-refractivity contribution in [1.82, 2.24) is 9.27 Å². The second-order valence-corrected chi connectivity index (χ2v) is 6.59. The predicted octanol–water partition coefficient (Wildman–Crippen LogP) is 3.57. The van der Waals surface area contributed by atoms with E-state index in [1.807, 2.05) is 36.1 Å². The summed E-state index contributed by atoms with van der Waals surface area (Å²) in [6.45, 7) is 6.33. The van der Waals surface area contributed by atoms with Gasteiger partial charge in [-0.25, -0.2) is 0 Å². The summed E-state index contributed by atoms with van der Waals surface area (Å²) in [5.74, 6) is 0.903. The molecule has 0 atom stereocenters. The van der Waals surface area contributed by atoms with E-state index in [2.05, 4.69) is 11.3 Å². The predicted molar refractivity (Wildman–Crippen MR) is 87.5 cm³/mol. The average Bonchev–Trinajstić information content (AvgIpc) is 3.17. The van der Waals surface area contributed by atoms with Gasteiger partial charge in [0.15, 0.2) is 0 Å². The average molecular weight is 316 g/mol. The van der Waals surface area contributed by atoms with Crippen molar-refractivity contribution in [1.29, 1.82) is 0 Å². The fourth-order valence-electron chi connectivity index (χ4n) is 2.66. The molecule has 0 aliphatic carbocycles. The topological polar surface area (TPSA) is 42.4 Å². The summed E-state index contributed by atoms with van der Waals surface area (Å²) in [7, 11) is 0. The molecule has 1 aromatic heterocycles. The largest absolute Gasteiger partial charge is 0.489 e. The molecular formula is C17H20N2O2S. The molecule has 3 rings (SSSR count). The number of hydrogen-bond donors (Lipinski definition) is 0. The highest BCUT2D eigenvalue weighted by atomic mass is 32.1. The molecule has 0 unspecified atom stereocenters. The molecule has 1 aliphatic rings. The van der Waals surface area contributed by atoms with Crippen molar-refractivity contribution in [3.8, 4) is 5.75 Å². The molecular weight excluding hydrogens is 296 g/mol. The Hall–Kier alpha value is -1.88. The maximum absolute atomic E-state index is 12.3. The second kappa shape index (κ2) is 6.48. The smallest absolute Gasteiger partial charge is 0.253 e. The van der Waals surface area contributed by atoms with Gasteiger partial charge in [0, 0.05) is 29.1 Å². The van der Waals surface area contributed by atoms with Crippen molar-refractivity contribution in [2.45, 2.75) is 33.3 Å². The molecule has 22 heavy (non-hydrogen) atoms. The van der Waals surface area contributed by atoms with Gasteiger partial charge in [-0.3, -0.25) is 4.79 Å². The third-order valence-electron chi connectivity index (χ3n) is 4.06. The van der Waals surface area contributed by atoms with Crippen LogP contribution in [0.4, 0.5) is 0 Å². The van der Waals surface area contributed by atoms with E-state index in [1.54, 1.807) is 0 Å². The summed E-state index contributed by atoms with van der Waals surface area (Å²) >= 11 is 1.51. The molecule has 1 aliphatic heterocycles. The minimum atomic E-state index is 0.123. The molecule has 1 aromatic carbocycles. The number of carbonyl (C=O) groups excluding carboxylic acids is 1. The van der Waals surface area contributed by atoms with Crippen LogP contribution in [0.5, 0.6) is 5.75 Å². The van der Waals surface area contributed by atoms with E-state index in [4.69, 9.17) is 4.74 Å². The van der Waals surface area contributed by atoms with Crippen LogP contribution in [0.2, 0.25) is 0 Å². The zero-order valence-electron chi connectivity index (χ0n) is 13.0. The summed E-state index contributed by atoms with van der Waals surface area (Å²) in [6.07, 6.45) is 2.22. The van der Waals surface area contributed by atoms with Crippen LogP contribution in [0.15, 0.2) is 24.3 Å². The third kappa shape index (κ3) is 3.14. The maximum Gasteiger partial charge on any atom is 0.253 e.